The van der Waals surface area contributed by atoms with Crippen LogP contribution < -0.4 is 29.1 Å². The molecule has 1 aromatic heterocycles. The number of hydrogen-bond donors (Lipinski definition) is 0. The molecule has 0 spiro atoms. The van der Waals surface area contributed by atoms with Crippen LogP contribution in [0, 0.1) is 0 Å². The zero-order valence-electron chi connectivity index (χ0n) is 21.2. The van der Waals surface area contributed by atoms with E-state index < -0.39 is 0 Å². The number of methoxy groups -OCH3 is 3. The molecular formula is C30H25BrN2O4S. The summed E-state index contributed by atoms with van der Waals surface area (Å²) in [7, 11) is 4.87. The van der Waals surface area contributed by atoms with E-state index >= 15 is 0 Å². The van der Waals surface area contributed by atoms with Gasteiger partial charge in [-0.3, -0.25) is 9.36 Å². The number of nitrogens with zero attached hydrogens (tertiary/aromatic N) is 2. The summed E-state index contributed by atoms with van der Waals surface area (Å²) in [6.07, 6.45) is 3.63. The number of allylic oxidation sites excluding steroid dienone is 1. The SMILES string of the molecule is COc1ccc([C@H]2C3=C(N=c4s/c(=C/c5cc(Br)c(OC)cc5OC)c(=O)n42)c2ccccc2CC3)cc1. The minimum atomic E-state index is -0.243. The molecule has 0 unspecified atom stereocenters. The highest BCUT2D eigenvalue weighted by molar-refractivity contribution is 9.10. The fourth-order valence-electron chi connectivity index (χ4n) is 5.25. The molecule has 1 aliphatic carbocycles. The molecule has 0 radical (unpaired) electrons. The van der Waals surface area contributed by atoms with Gasteiger partial charge in [0.1, 0.15) is 17.2 Å². The second kappa shape index (κ2) is 9.93. The molecule has 38 heavy (non-hydrogen) atoms. The molecule has 8 heteroatoms. The van der Waals surface area contributed by atoms with Gasteiger partial charge in [-0.05, 0) is 69.7 Å². The van der Waals surface area contributed by atoms with Gasteiger partial charge in [0.05, 0.1) is 42.1 Å². The molecule has 0 amide bonds. The molecule has 6 rings (SSSR count). The average molecular weight is 590 g/mol. The van der Waals surface area contributed by atoms with Crippen LogP contribution in [0.1, 0.15) is 34.7 Å². The number of rotatable bonds is 5. The zero-order valence-corrected chi connectivity index (χ0v) is 23.6. The molecule has 192 valence electrons. The molecule has 0 bridgehead atoms. The number of thiazole rings is 1. The largest absolute Gasteiger partial charge is 0.497 e. The van der Waals surface area contributed by atoms with E-state index in [1.165, 1.54) is 16.9 Å². The van der Waals surface area contributed by atoms with E-state index in [4.69, 9.17) is 19.2 Å². The van der Waals surface area contributed by atoms with Crippen LogP contribution in [0.3, 0.4) is 0 Å². The summed E-state index contributed by atoms with van der Waals surface area (Å²) >= 11 is 4.95. The van der Waals surface area contributed by atoms with E-state index in [1.807, 2.05) is 47.0 Å². The number of ether oxygens (including phenoxy) is 3. The Kier molecular flexibility index (Phi) is 6.45. The number of aromatic nitrogens is 1. The van der Waals surface area contributed by atoms with E-state index in [2.05, 4.69) is 40.2 Å². The first-order valence-electron chi connectivity index (χ1n) is 12.2. The van der Waals surface area contributed by atoms with Crippen LogP contribution in [0.15, 0.2) is 80.5 Å². The number of hydrogen-bond acceptors (Lipinski definition) is 6. The summed E-state index contributed by atoms with van der Waals surface area (Å²) in [5.41, 5.74) is 6.31. The lowest BCUT2D eigenvalue weighted by Crippen LogP contribution is -2.38. The first-order valence-corrected chi connectivity index (χ1v) is 13.8. The van der Waals surface area contributed by atoms with Gasteiger partial charge in [0, 0.05) is 17.2 Å². The van der Waals surface area contributed by atoms with Crippen molar-refractivity contribution in [3.8, 4) is 17.2 Å². The van der Waals surface area contributed by atoms with Crippen molar-refractivity contribution in [1.29, 1.82) is 0 Å². The number of benzene rings is 3. The van der Waals surface area contributed by atoms with Gasteiger partial charge < -0.3 is 14.2 Å². The van der Waals surface area contributed by atoms with Crippen molar-refractivity contribution in [1.82, 2.24) is 4.57 Å². The van der Waals surface area contributed by atoms with Crippen LogP contribution in [0.5, 0.6) is 17.2 Å². The Morgan fingerprint density at radius 1 is 0.974 bits per heavy atom. The molecule has 0 saturated carbocycles. The lowest BCUT2D eigenvalue weighted by molar-refractivity contribution is 0.392. The van der Waals surface area contributed by atoms with Crippen LogP contribution in [-0.2, 0) is 6.42 Å². The van der Waals surface area contributed by atoms with E-state index in [0.717, 1.165) is 51.0 Å². The second-order valence-electron chi connectivity index (χ2n) is 9.12. The number of aryl methyl sites for hydroxylation is 1. The van der Waals surface area contributed by atoms with E-state index in [1.54, 1.807) is 21.3 Å². The van der Waals surface area contributed by atoms with Crippen LogP contribution in [0.4, 0.5) is 0 Å². The predicted octanol–water partition coefficient (Wildman–Crippen LogP) is 5.11. The molecule has 0 saturated heterocycles. The van der Waals surface area contributed by atoms with Gasteiger partial charge in [0.25, 0.3) is 5.56 Å². The van der Waals surface area contributed by atoms with Gasteiger partial charge >= 0.3 is 0 Å². The maximum Gasteiger partial charge on any atom is 0.271 e. The van der Waals surface area contributed by atoms with Gasteiger partial charge in [-0.2, -0.15) is 0 Å². The Morgan fingerprint density at radius 2 is 1.74 bits per heavy atom. The maximum atomic E-state index is 14.0. The fraction of sp³-hybridized carbons (Fsp3) is 0.200. The van der Waals surface area contributed by atoms with Crippen molar-refractivity contribution in [3.63, 3.8) is 0 Å². The Morgan fingerprint density at radius 3 is 2.47 bits per heavy atom. The fourth-order valence-corrected chi connectivity index (χ4v) is 6.76. The minimum absolute atomic E-state index is 0.0750. The van der Waals surface area contributed by atoms with E-state index in [0.29, 0.717) is 20.8 Å². The highest BCUT2D eigenvalue weighted by Gasteiger charge is 2.32. The average Bonchev–Trinajstić information content (AvgIpc) is 3.26. The lowest BCUT2D eigenvalue weighted by atomic mass is 9.83. The van der Waals surface area contributed by atoms with Crippen molar-refractivity contribution in [2.24, 2.45) is 4.99 Å². The first-order chi connectivity index (χ1) is 18.5. The Bertz CT molecular complexity index is 1770. The third-order valence-electron chi connectivity index (χ3n) is 7.10. The van der Waals surface area contributed by atoms with Crippen molar-refractivity contribution < 1.29 is 14.2 Å². The van der Waals surface area contributed by atoms with Crippen molar-refractivity contribution in [2.45, 2.75) is 18.9 Å². The van der Waals surface area contributed by atoms with Gasteiger partial charge in [0.15, 0.2) is 4.80 Å². The Balaban J connectivity index is 1.60. The standard InChI is InChI=1S/C30H25BrN2O4S/c1-35-20-11-8-18(9-12-20)28-22-13-10-17-6-4-5-7-21(17)27(22)32-30-33(28)29(34)26(38-30)15-19-14-23(31)25(37-3)16-24(19)36-2/h4-9,11-12,14-16,28H,10,13H2,1-3H3/b26-15+/t28-/m0/s1. The summed E-state index contributed by atoms with van der Waals surface area (Å²) in [4.78, 5) is 19.8. The summed E-state index contributed by atoms with van der Waals surface area (Å²) in [6.45, 7) is 0. The summed E-state index contributed by atoms with van der Waals surface area (Å²) in [5.74, 6) is 2.06. The third-order valence-corrected chi connectivity index (χ3v) is 8.70. The van der Waals surface area contributed by atoms with Crippen LogP contribution in [0.2, 0.25) is 0 Å². The minimum Gasteiger partial charge on any atom is -0.497 e. The first kappa shape index (κ1) is 24.7. The smallest absolute Gasteiger partial charge is 0.271 e. The van der Waals surface area contributed by atoms with Crippen LogP contribution >= 0.6 is 27.3 Å². The molecule has 1 aliphatic heterocycles. The summed E-state index contributed by atoms with van der Waals surface area (Å²) in [6, 6.07) is 19.9. The Hall–Kier alpha value is -3.62. The molecule has 0 N–H and O–H groups in total. The normalized spacial score (nSPS) is 16.3. The summed E-state index contributed by atoms with van der Waals surface area (Å²) < 4.78 is 19.6. The maximum absolute atomic E-state index is 14.0. The molecule has 3 aromatic carbocycles. The van der Waals surface area contributed by atoms with Gasteiger partial charge in [-0.1, -0.05) is 47.7 Å². The van der Waals surface area contributed by atoms with Crippen LogP contribution in [-0.4, -0.2) is 25.9 Å². The van der Waals surface area contributed by atoms with Crippen molar-refractivity contribution in [3.05, 3.63) is 113 Å². The lowest BCUT2D eigenvalue weighted by Gasteiger charge is -2.30. The molecule has 4 aromatic rings. The predicted molar refractivity (Wildman–Crippen MR) is 153 cm³/mol. The molecule has 2 aliphatic rings. The second-order valence-corrected chi connectivity index (χ2v) is 11.0. The van der Waals surface area contributed by atoms with Crippen molar-refractivity contribution >= 4 is 39.0 Å². The summed E-state index contributed by atoms with van der Waals surface area (Å²) in [5, 5.41) is 0. The van der Waals surface area contributed by atoms with Gasteiger partial charge in [-0.25, -0.2) is 4.99 Å². The Labute approximate surface area is 232 Å². The van der Waals surface area contributed by atoms with Gasteiger partial charge in [0.2, 0.25) is 0 Å². The zero-order chi connectivity index (χ0) is 26.4. The topological polar surface area (TPSA) is 62.0 Å². The molecule has 0 fully saturated rings. The quantitative estimate of drug-likeness (QED) is 0.325. The number of fused-ring (bicyclic) bond motifs is 3. The van der Waals surface area contributed by atoms with Crippen molar-refractivity contribution in [2.75, 3.05) is 21.3 Å². The molecule has 6 nitrogen and oxygen atoms in total. The highest BCUT2D eigenvalue weighted by Crippen LogP contribution is 2.41. The highest BCUT2D eigenvalue weighted by atomic mass is 79.9. The monoisotopic (exact) mass is 588 g/mol. The van der Waals surface area contributed by atoms with Gasteiger partial charge in [-0.15, -0.1) is 0 Å². The number of halogens is 1. The molecule has 1 atom stereocenters. The molecular weight excluding hydrogens is 564 g/mol. The molecule has 2 heterocycles. The van der Waals surface area contributed by atoms with Crippen LogP contribution in [0.25, 0.3) is 11.8 Å². The van der Waals surface area contributed by atoms with E-state index in [9.17, 15) is 4.79 Å². The third kappa shape index (κ3) is 4.08. The van der Waals surface area contributed by atoms with E-state index in [-0.39, 0.29) is 11.6 Å².